The first kappa shape index (κ1) is 12.5. The van der Waals surface area contributed by atoms with Gasteiger partial charge in [-0.05, 0) is 25.5 Å². The Kier molecular flexibility index (Phi) is 4.07. The topological polar surface area (TPSA) is 48.1 Å². The van der Waals surface area contributed by atoms with Gasteiger partial charge in [0.05, 0.1) is 5.02 Å². The fraction of sp³-hybridized carbons (Fsp3) is 0.583. The molecule has 0 spiro atoms. The quantitative estimate of drug-likeness (QED) is 0.863. The van der Waals surface area contributed by atoms with E-state index < -0.39 is 0 Å². The molecule has 1 fully saturated rings. The summed E-state index contributed by atoms with van der Waals surface area (Å²) in [6.07, 6.45) is 3.64. The maximum Gasteiger partial charge on any atom is 0.270 e. The van der Waals surface area contributed by atoms with Crippen LogP contribution in [0.15, 0.2) is 12.3 Å². The van der Waals surface area contributed by atoms with Crippen molar-refractivity contribution in [2.24, 2.45) is 0 Å². The summed E-state index contributed by atoms with van der Waals surface area (Å²) in [5.41, 5.74) is 0.579. The van der Waals surface area contributed by atoms with E-state index in [0.717, 1.165) is 32.5 Å². The lowest BCUT2D eigenvalue weighted by Gasteiger charge is -2.27. The Bertz CT molecular complexity index is 385. The Morgan fingerprint density at radius 3 is 3.00 bits per heavy atom. The van der Waals surface area contributed by atoms with Crippen molar-refractivity contribution in [3.05, 3.63) is 23.0 Å². The Morgan fingerprint density at radius 2 is 2.47 bits per heavy atom. The number of rotatable bonds is 4. The molecular weight excluding hydrogens is 238 g/mol. The molecule has 1 aromatic rings. The van der Waals surface area contributed by atoms with Crippen LogP contribution in [-0.4, -0.2) is 41.5 Å². The molecule has 1 aliphatic heterocycles. The molecule has 1 aromatic heterocycles. The third kappa shape index (κ3) is 2.82. The highest BCUT2D eigenvalue weighted by Gasteiger charge is 2.27. The maximum atomic E-state index is 12.3. The van der Waals surface area contributed by atoms with Crippen molar-refractivity contribution in [1.29, 1.82) is 0 Å². The monoisotopic (exact) mass is 255 g/mol. The van der Waals surface area contributed by atoms with Gasteiger partial charge in [-0.15, -0.1) is 0 Å². The van der Waals surface area contributed by atoms with E-state index in [4.69, 9.17) is 11.6 Å². The molecule has 0 aromatic carbocycles. The minimum absolute atomic E-state index is 0.0486. The van der Waals surface area contributed by atoms with Crippen molar-refractivity contribution >= 4 is 17.5 Å². The van der Waals surface area contributed by atoms with Crippen LogP contribution < -0.4 is 5.32 Å². The minimum atomic E-state index is 0.0486. The molecule has 4 nitrogen and oxygen atoms in total. The summed E-state index contributed by atoms with van der Waals surface area (Å²) in [5, 5.41) is 3.87. The number of H-pyrrole nitrogens is 1. The van der Waals surface area contributed by atoms with Crippen molar-refractivity contribution < 1.29 is 4.79 Å². The Labute approximate surface area is 106 Å². The van der Waals surface area contributed by atoms with E-state index in [1.165, 1.54) is 0 Å². The van der Waals surface area contributed by atoms with Gasteiger partial charge in [0.25, 0.3) is 5.91 Å². The van der Waals surface area contributed by atoms with Crippen LogP contribution >= 0.6 is 11.6 Å². The Morgan fingerprint density at radius 1 is 1.65 bits per heavy atom. The van der Waals surface area contributed by atoms with Gasteiger partial charge in [0.15, 0.2) is 0 Å². The first-order valence-corrected chi connectivity index (χ1v) is 6.45. The summed E-state index contributed by atoms with van der Waals surface area (Å²) in [7, 11) is 0. The summed E-state index contributed by atoms with van der Waals surface area (Å²) in [4.78, 5) is 17.2. The van der Waals surface area contributed by atoms with Gasteiger partial charge in [0.1, 0.15) is 5.69 Å². The van der Waals surface area contributed by atoms with Crippen LogP contribution in [0.3, 0.4) is 0 Å². The van der Waals surface area contributed by atoms with Crippen LogP contribution in [0, 0.1) is 0 Å². The van der Waals surface area contributed by atoms with E-state index in [1.54, 1.807) is 12.3 Å². The van der Waals surface area contributed by atoms with Crippen molar-refractivity contribution in [2.45, 2.75) is 25.8 Å². The van der Waals surface area contributed by atoms with Crippen LogP contribution in [0.5, 0.6) is 0 Å². The first-order chi connectivity index (χ1) is 8.22. The Hall–Kier alpha value is -1.00. The molecule has 0 bridgehead atoms. The third-order valence-electron chi connectivity index (χ3n) is 3.08. The largest absolute Gasteiger partial charge is 0.356 e. The SMILES string of the molecule is CCCN(C(=O)c1cc(Cl)c[nH]1)C1CCNC1. The normalized spacial score (nSPS) is 19.5. The van der Waals surface area contributed by atoms with Gasteiger partial charge >= 0.3 is 0 Å². The number of amides is 1. The molecule has 1 saturated heterocycles. The molecule has 0 radical (unpaired) electrons. The number of nitrogens with zero attached hydrogens (tertiary/aromatic N) is 1. The zero-order chi connectivity index (χ0) is 12.3. The van der Waals surface area contributed by atoms with Gasteiger partial charge in [-0.25, -0.2) is 0 Å². The first-order valence-electron chi connectivity index (χ1n) is 6.08. The predicted octanol–water partition coefficient (Wildman–Crippen LogP) is 1.88. The van der Waals surface area contributed by atoms with E-state index in [-0.39, 0.29) is 5.91 Å². The Balaban J connectivity index is 2.12. The summed E-state index contributed by atoms with van der Waals surface area (Å²) >= 11 is 5.83. The zero-order valence-corrected chi connectivity index (χ0v) is 10.8. The molecule has 1 atom stereocenters. The molecule has 1 unspecified atom stereocenters. The number of aromatic amines is 1. The van der Waals surface area contributed by atoms with Gasteiger partial charge < -0.3 is 15.2 Å². The second-order valence-electron chi connectivity index (χ2n) is 4.38. The molecular formula is C12H18ClN3O. The lowest BCUT2D eigenvalue weighted by Crippen LogP contribution is -2.42. The fourth-order valence-corrected chi connectivity index (χ4v) is 2.41. The van der Waals surface area contributed by atoms with E-state index in [2.05, 4.69) is 17.2 Å². The number of carbonyl (C=O) groups is 1. The second-order valence-corrected chi connectivity index (χ2v) is 4.81. The highest BCUT2D eigenvalue weighted by Crippen LogP contribution is 2.16. The lowest BCUT2D eigenvalue weighted by atomic mass is 10.2. The van der Waals surface area contributed by atoms with Crippen molar-refractivity contribution in [3.63, 3.8) is 0 Å². The average molecular weight is 256 g/mol. The van der Waals surface area contributed by atoms with Crippen LogP contribution in [0.4, 0.5) is 0 Å². The summed E-state index contributed by atoms with van der Waals surface area (Å²) < 4.78 is 0. The summed E-state index contributed by atoms with van der Waals surface area (Å²) in [6, 6.07) is 2.00. The van der Waals surface area contributed by atoms with Crippen molar-refractivity contribution in [2.75, 3.05) is 19.6 Å². The molecule has 2 heterocycles. The molecule has 0 saturated carbocycles. The van der Waals surface area contributed by atoms with E-state index >= 15 is 0 Å². The van der Waals surface area contributed by atoms with Crippen LogP contribution in [0.2, 0.25) is 5.02 Å². The number of aromatic nitrogens is 1. The lowest BCUT2D eigenvalue weighted by molar-refractivity contribution is 0.0687. The smallest absolute Gasteiger partial charge is 0.270 e. The van der Waals surface area contributed by atoms with Gasteiger partial charge in [-0.1, -0.05) is 18.5 Å². The second kappa shape index (κ2) is 5.56. The van der Waals surface area contributed by atoms with E-state index in [9.17, 15) is 4.79 Å². The van der Waals surface area contributed by atoms with Gasteiger partial charge in [-0.3, -0.25) is 4.79 Å². The van der Waals surface area contributed by atoms with Crippen LogP contribution in [0.25, 0.3) is 0 Å². The molecule has 2 N–H and O–H groups in total. The summed E-state index contributed by atoms with van der Waals surface area (Å²) in [6.45, 7) is 4.76. The summed E-state index contributed by atoms with van der Waals surface area (Å²) in [5.74, 6) is 0.0486. The molecule has 0 aliphatic carbocycles. The van der Waals surface area contributed by atoms with Gasteiger partial charge in [0, 0.05) is 25.3 Å². The molecule has 17 heavy (non-hydrogen) atoms. The number of hydrogen-bond acceptors (Lipinski definition) is 2. The standard InChI is InChI=1S/C12H18ClN3O/c1-2-5-16(10-3-4-14-8-10)12(17)11-6-9(13)7-15-11/h6-7,10,14-15H,2-5,8H2,1H3. The zero-order valence-electron chi connectivity index (χ0n) is 10.0. The minimum Gasteiger partial charge on any atom is -0.356 e. The van der Waals surface area contributed by atoms with E-state index in [0.29, 0.717) is 16.8 Å². The van der Waals surface area contributed by atoms with E-state index in [1.807, 2.05) is 4.90 Å². The molecule has 1 amide bonds. The maximum absolute atomic E-state index is 12.3. The number of carbonyl (C=O) groups excluding carboxylic acids is 1. The highest BCUT2D eigenvalue weighted by atomic mass is 35.5. The molecule has 1 aliphatic rings. The average Bonchev–Trinajstić information content (AvgIpc) is 2.95. The van der Waals surface area contributed by atoms with Gasteiger partial charge in [0.2, 0.25) is 0 Å². The van der Waals surface area contributed by atoms with Crippen LogP contribution in [-0.2, 0) is 0 Å². The van der Waals surface area contributed by atoms with Crippen molar-refractivity contribution in [3.8, 4) is 0 Å². The fourth-order valence-electron chi connectivity index (χ4n) is 2.24. The third-order valence-corrected chi connectivity index (χ3v) is 3.30. The van der Waals surface area contributed by atoms with Crippen LogP contribution in [0.1, 0.15) is 30.3 Å². The molecule has 5 heteroatoms. The molecule has 2 rings (SSSR count). The number of hydrogen-bond donors (Lipinski definition) is 2. The van der Waals surface area contributed by atoms with Gasteiger partial charge in [-0.2, -0.15) is 0 Å². The number of nitrogens with one attached hydrogen (secondary N) is 2. The molecule has 94 valence electrons. The van der Waals surface area contributed by atoms with Crippen molar-refractivity contribution in [1.82, 2.24) is 15.2 Å². The number of halogens is 1. The predicted molar refractivity (Wildman–Crippen MR) is 68.4 cm³/mol. The highest BCUT2D eigenvalue weighted by molar-refractivity contribution is 6.30.